The molecule has 2 N–H and O–H groups in total. The summed E-state index contributed by atoms with van der Waals surface area (Å²) in [5, 5.41) is 0. The molecule has 0 aromatic carbocycles. The SMILES string of the molecule is CC(CN)CC(=O)N1CCCCCC1c1cccn1C. The number of hydrogen-bond acceptors (Lipinski definition) is 2. The lowest BCUT2D eigenvalue weighted by atomic mass is 10.0. The predicted molar refractivity (Wildman–Crippen MR) is 81.2 cm³/mol. The third-order valence-corrected chi connectivity index (χ3v) is 4.32. The summed E-state index contributed by atoms with van der Waals surface area (Å²) < 4.78 is 2.14. The van der Waals surface area contributed by atoms with Crippen molar-refractivity contribution in [2.45, 2.75) is 45.1 Å². The maximum Gasteiger partial charge on any atom is 0.223 e. The summed E-state index contributed by atoms with van der Waals surface area (Å²) in [5.74, 6) is 0.524. The Morgan fingerprint density at radius 3 is 2.90 bits per heavy atom. The lowest BCUT2D eigenvalue weighted by molar-refractivity contribution is -0.134. The monoisotopic (exact) mass is 277 g/mol. The van der Waals surface area contributed by atoms with Crippen molar-refractivity contribution in [3.8, 4) is 0 Å². The molecule has 4 heteroatoms. The average molecular weight is 277 g/mol. The van der Waals surface area contributed by atoms with Crippen LogP contribution in [0.1, 0.15) is 50.8 Å². The molecule has 1 saturated heterocycles. The molecule has 0 saturated carbocycles. The normalized spacial score (nSPS) is 21.6. The molecule has 0 bridgehead atoms. The van der Waals surface area contributed by atoms with Crippen LogP contribution in [-0.4, -0.2) is 28.5 Å². The minimum atomic E-state index is 0.231. The first-order chi connectivity index (χ1) is 9.63. The molecule has 1 aromatic rings. The largest absolute Gasteiger partial charge is 0.353 e. The molecule has 1 aromatic heterocycles. The fraction of sp³-hybridized carbons (Fsp3) is 0.688. The van der Waals surface area contributed by atoms with Crippen molar-refractivity contribution >= 4 is 5.91 Å². The molecular formula is C16H27N3O. The standard InChI is InChI=1S/C16H27N3O/c1-13(12-17)11-16(20)19-10-5-3-4-7-15(19)14-8-6-9-18(14)2/h6,8-9,13,15H,3-5,7,10-12,17H2,1-2H3. The molecular weight excluding hydrogens is 250 g/mol. The fourth-order valence-corrected chi connectivity index (χ4v) is 3.03. The number of likely N-dealkylation sites (tertiary alicyclic amines) is 1. The second kappa shape index (κ2) is 6.93. The van der Waals surface area contributed by atoms with Gasteiger partial charge in [0.05, 0.1) is 6.04 Å². The van der Waals surface area contributed by atoms with E-state index in [9.17, 15) is 4.79 Å². The van der Waals surface area contributed by atoms with E-state index >= 15 is 0 Å². The first-order valence-electron chi connectivity index (χ1n) is 7.74. The number of nitrogens with zero attached hydrogens (tertiary/aromatic N) is 2. The summed E-state index contributed by atoms with van der Waals surface area (Å²) in [4.78, 5) is 14.7. The van der Waals surface area contributed by atoms with Crippen molar-refractivity contribution < 1.29 is 4.79 Å². The summed E-state index contributed by atoms with van der Waals surface area (Å²) in [6.07, 6.45) is 7.23. The lowest BCUT2D eigenvalue weighted by Gasteiger charge is -2.31. The first-order valence-corrected chi connectivity index (χ1v) is 7.74. The smallest absolute Gasteiger partial charge is 0.223 e. The van der Waals surface area contributed by atoms with E-state index in [0.29, 0.717) is 13.0 Å². The Labute approximate surface area is 121 Å². The Hall–Kier alpha value is -1.29. The van der Waals surface area contributed by atoms with Crippen LogP contribution in [0.3, 0.4) is 0 Å². The van der Waals surface area contributed by atoms with Gasteiger partial charge >= 0.3 is 0 Å². The number of amides is 1. The second-order valence-electron chi connectivity index (χ2n) is 6.04. The van der Waals surface area contributed by atoms with E-state index in [1.54, 1.807) is 0 Å². The van der Waals surface area contributed by atoms with E-state index in [1.165, 1.54) is 18.5 Å². The molecule has 2 rings (SSSR count). The van der Waals surface area contributed by atoms with Gasteiger partial charge in [-0.15, -0.1) is 0 Å². The molecule has 20 heavy (non-hydrogen) atoms. The highest BCUT2D eigenvalue weighted by Gasteiger charge is 2.28. The third kappa shape index (κ3) is 3.42. The van der Waals surface area contributed by atoms with E-state index in [1.807, 2.05) is 6.92 Å². The van der Waals surface area contributed by atoms with Gasteiger partial charge in [0, 0.05) is 31.9 Å². The number of carbonyl (C=O) groups is 1. The van der Waals surface area contributed by atoms with Crippen LogP contribution in [0.15, 0.2) is 18.3 Å². The molecule has 1 amide bonds. The molecule has 1 aliphatic heterocycles. The molecule has 112 valence electrons. The van der Waals surface area contributed by atoms with E-state index in [4.69, 9.17) is 5.73 Å². The number of nitrogens with two attached hydrogens (primary N) is 1. The summed E-state index contributed by atoms with van der Waals surface area (Å²) >= 11 is 0. The quantitative estimate of drug-likeness (QED) is 0.919. The van der Waals surface area contributed by atoms with E-state index in [2.05, 4.69) is 34.8 Å². The van der Waals surface area contributed by atoms with Crippen molar-refractivity contribution in [2.24, 2.45) is 18.7 Å². The van der Waals surface area contributed by atoms with Crippen molar-refractivity contribution in [1.82, 2.24) is 9.47 Å². The van der Waals surface area contributed by atoms with E-state index in [-0.39, 0.29) is 17.9 Å². The van der Waals surface area contributed by atoms with Crippen molar-refractivity contribution in [3.05, 3.63) is 24.0 Å². The molecule has 2 heterocycles. The van der Waals surface area contributed by atoms with Crippen LogP contribution in [0.25, 0.3) is 0 Å². The van der Waals surface area contributed by atoms with Crippen molar-refractivity contribution in [3.63, 3.8) is 0 Å². The lowest BCUT2D eigenvalue weighted by Crippen LogP contribution is -2.37. The predicted octanol–water partition coefficient (Wildman–Crippen LogP) is 2.45. The molecule has 0 radical (unpaired) electrons. The molecule has 0 spiro atoms. The van der Waals surface area contributed by atoms with Gasteiger partial charge in [-0.1, -0.05) is 19.8 Å². The summed E-state index contributed by atoms with van der Waals surface area (Å²) in [5.41, 5.74) is 6.91. The van der Waals surface area contributed by atoms with Crippen molar-refractivity contribution in [1.29, 1.82) is 0 Å². The van der Waals surface area contributed by atoms with Crippen LogP contribution in [0.4, 0.5) is 0 Å². The number of rotatable bonds is 4. The highest BCUT2D eigenvalue weighted by Crippen LogP contribution is 2.31. The van der Waals surface area contributed by atoms with E-state index < -0.39 is 0 Å². The maximum atomic E-state index is 12.6. The molecule has 2 unspecified atom stereocenters. The third-order valence-electron chi connectivity index (χ3n) is 4.32. The number of carbonyl (C=O) groups excluding carboxylic acids is 1. The molecule has 2 atom stereocenters. The number of aromatic nitrogens is 1. The molecule has 1 aliphatic rings. The summed E-state index contributed by atoms with van der Waals surface area (Å²) in [6.45, 7) is 3.51. The zero-order valence-corrected chi connectivity index (χ0v) is 12.7. The van der Waals surface area contributed by atoms with Gasteiger partial charge in [-0.05, 0) is 37.4 Å². The van der Waals surface area contributed by atoms with Crippen LogP contribution in [0.5, 0.6) is 0 Å². The summed E-state index contributed by atoms with van der Waals surface area (Å²) in [6, 6.07) is 4.43. The molecule has 0 aliphatic carbocycles. The second-order valence-corrected chi connectivity index (χ2v) is 6.04. The number of hydrogen-bond donors (Lipinski definition) is 1. The zero-order chi connectivity index (χ0) is 14.5. The van der Waals surface area contributed by atoms with Crippen LogP contribution >= 0.6 is 0 Å². The Bertz CT molecular complexity index is 441. The Morgan fingerprint density at radius 1 is 1.45 bits per heavy atom. The number of aryl methyl sites for hydroxylation is 1. The first kappa shape index (κ1) is 15.1. The van der Waals surface area contributed by atoms with Crippen LogP contribution in [-0.2, 0) is 11.8 Å². The van der Waals surface area contributed by atoms with Crippen LogP contribution < -0.4 is 5.73 Å². The van der Waals surface area contributed by atoms with Crippen LogP contribution in [0, 0.1) is 5.92 Å². The van der Waals surface area contributed by atoms with Crippen LogP contribution in [0.2, 0.25) is 0 Å². The van der Waals surface area contributed by atoms with Gasteiger partial charge in [-0.2, -0.15) is 0 Å². The average Bonchev–Trinajstić information content (AvgIpc) is 2.72. The zero-order valence-electron chi connectivity index (χ0n) is 12.7. The van der Waals surface area contributed by atoms with Gasteiger partial charge in [-0.3, -0.25) is 4.79 Å². The minimum Gasteiger partial charge on any atom is -0.353 e. The topological polar surface area (TPSA) is 51.3 Å². The van der Waals surface area contributed by atoms with Gasteiger partial charge in [0.2, 0.25) is 5.91 Å². The highest BCUT2D eigenvalue weighted by molar-refractivity contribution is 5.77. The van der Waals surface area contributed by atoms with Gasteiger partial charge in [-0.25, -0.2) is 0 Å². The van der Waals surface area contributed by atoms with E-state index in [0.717, 1.165) is 19.4 Å². The summed E-state index contributed by atoms with van der Waals surface area (Å²) in [7, 11) is 2.06. The fourth-order valence-electron chi connectivity index (χ4n) is 3.03. The molecule has 4 nitrogen and oxygen atoms in total. The van der Waals surface area contributed by atoms with Gasteiger partial charge in [0.15, 0.2) is 0 Å². The molecule has 1 fully saturated rings. The maximum absolute atomic E-state index is 12.6. The Morgan fingerprint density at radius 2 is 2.25 bits per heavy atom. The Balaban J connectivity index is 2.17. The van der Waals surface area contributed by atoms with Gasteiger partial charge in [0.25, 0.3) is 0 Å². The minimum absolute atomic E-state index is 0.231. The highest BCUT2D eigenvalue weighted by atomic mass is 16.2. The van der Waals surface area contributed by atoms with Gasteiger partial charge < -0.3 is 15.2 Å². The Kier molecular flexibility index (Phi) is 5.24. The van der Waals surface area contributed by atoms with Gasteiger partial charge in [0.1, 0.15) is 0 Å². The van der Waals surface area contributed by atoms with Crippen molar-refractivity contribution in [2.75, 3.05) is 13.1 Å².